The fraction of sp³-hybridized carbons (Fsp3) is 0.600. The average Bonchev–Trinajstić information content (AvgIpc) is 2.92. The van der Waals surface area contributed by atoms with E-state index in [4.69, 9.17) is 4.74 Å². The molecule has 1 atom stereocenters. The van der Waals surface area contributed by atoms with E-state index >= 15 is 0 Å². The van der Waals surface area contributed by atoms with Gasteiger partial charge in [0.2, 0.25) is 0 Å². The van der Waals surface area contributed by atoms with E-state index in [0.717, 1.165) is 43.3 Å². The molecule has 3 rings (SSSR count). The van der Waals surface area contributed by atoms with Crippen molar-refractivity contribution in [1.82, 2.24) is 19.9 Å². The number of hydrogen-bond donors (Lipinski definition) is 1. The Kier molecular flexibility index (Phi) is 4.07. The monoisotopic (exact) mass is 289 g/mol. The van der Waals surface area contributed by atoms with Crippen molar-refractivity contribution in [2.75, 3.05) is 38.2 Å². The van der Waals surface area contributed by atoms with E-state index in [0.29, 0.717) is 5.92 Å². The lowest BCUT2D eigenvalue weighted by atomic mass is 10.1. The summed E-state index contributed by atoms with van der Waals surface area (Å²) in [5.41, 5.74) is 2.14. The number of aromatic nitrogens is 3. The molecule has 6 heteroatoms. The van der Waals surface area contributed by atoms with Gasteiger partial charge in [-0.15, -0.1) is 0 Å². The number of nitrogens with one attached hydrogen (secondary N) is 1. The molecule has 0 aliphatic carbocycles. The van der Waals surface area contributed by atoms with Gasteiger partial charge in [0.15, 0.2) is 5.82 Å². The molecule has 0 bridgehead atoms. The first-order valence-electron chi connectivity index (χ1n) is 7.53. The van der Waals surface area contributed by atoms with Crippen LogP contribution in [0.3, 0.4) is 0 Å². The fourth-order valence-corrected chi connectivity index (χ4v) is 2.63. The third-order valence-electron chi connectivity index (χ3n) is 3.82. The van der Waals surface area contributed by atoms with Crippen molar-refractivity contribution in [3.8, 4) is 0 Å². The van der Waals surface area contributed by atoms with Crippen LogP contribution in [0, 0.1) is 0 Å². The van der Waals surface area contributed by atoms with Crippen LogP contribution in [0.15, 0.2) is 18.5 Å². The molecule has 6 nitrogen and oxygen atoms in total. The third kappa shape index (κ3) is 3.01. The van der Waals surface area contributed by atoms with E-state index in [9.17, 15) is 0 Å². The molecule has 1 aliphatic rings. The van der Waals surface area contributed by atoms with E-state index in [1.165, 1.54) is 0 Å². The lowest BCUT2D eigenvalue weighted by Gasteiger charge is -2.28. The fourth-order valence-electron chi connectivity index (χ4n) is 2.63. The largest absolute Gasteiger partial charge is 0.374 e. The summed E-state index contributed by atoms with van der Waals surface area (Å²) in [5, 5.41) is 7.97. The van der Waals surface area contributed by atoms with Gasteiger partial charge in [0.1, 0.15) is 5.52 Å². The van der Waals surface area contributed by atoms with Crippen LogP contribution in [-0.4, -0.2) is 54.0 Å². The van der Waals surface area contributed by atoms with Gasteiger partial charge >= 0.3 is 0 Å². The Hall–Kier alpha value is -1.66. The van der Waals surface area contributed by atoms with Crippen LogP contribution in [0.25, 0.3) is 5.52 Å². The number of ether oxygens (including phenoxy) is 1. The molecular weight excluding hydrogens is 266 g/mol. The Balaban J connectivity index is 1.84. The second kappa shape index (κ2) is 5.99. The lowest BCUT2D eigenvalue weighted by Crippen LogP contribution is -2.44. The van der Waals surface area contributed by atoms with Gasteiger partial charge < -0.3 is 15.0 Å². The summed E-state index contributed by atoms with van der Waals surface area (Å²) in [6.07, 6.45) is 3.91. The van der Waals surface area contributed by atoms with E-state index < -0.39 is 0 Å². The predicted octanol–water partition coefficient (Wildman–Crippen LogP) is 1.28. The molecule has 0 spiro atoms. The SMILES string of the molecule is CC(C)c1cc2c(N(C)CC3CNCCO3)nccn2n1. The van der Waals surface area contributed by atoms with Gasteiger partial charge in [0.05, 0.1) is 18.4 Å². The first-order chi connectivity index (χ1) is 10.1. The summed E-state index contributed by atoms with van der Waals surface area (Å²) in [6, 6.07) is 2.13. The molecule has 3 heterocycles. The standard InChI is InChI=1S/C15H23N5O/c1-11(2)13-8-14-15(17-4-6-20(14)18-13)19(3)10-12-9-16-5-7-21-12/h4,6,8,11-12,16H,5,7,9-10H2,1-3H3. The first kappa shape index (κ1) is 14.3. The van der Waals surface area contributed by atoms with Gasteiger partial charge in [0, 0.05) is 39.1 Å². The second-order valence-electron chi connectivity index (χ2n) is 5.88. The number of likely N-dealkylation sites (N-methyl/N-ethyl adjacent to an activating group) is 1. The van der Waals surface area contributed by atoms with Gasteiger partial charge in [-0.3, -0.25) is 0 Å². The van der Waals surface area contributed by atoms with E-state index in [-0.39, 0.29) is 6.10 Å². The number of anilines is 1. The highest BCUT2D eigenvalue weighted by molar-refractivity contribution is 5.69. The van der Waals surface area contributed by atoms with Gasteiger partial charge in [-0.2, -0.15) is 5.10 Å². The van der Waals surface area contributed by atoms with Crippen LogP contribution in [0.1, 0.15) is 25.5 Å². The highest BCUT2D eigenvalue weighted by Crippen LogP contribution is 2.22. The van der Waals surface area contributed by atoms with Crippen LogP contribution >= 0.6 is 0 Å². The van der Waals surface area contributed by atoms with E-state index in [1.807, 2.05) is 10.7 Å². The maximum Gasteiger partial charge on any atom is 0.154 e. The Labute approximate surface area is 125 Å². The molecule has 2 aromatic rings. The molecule has 1 unspecified atom stereocenters. The van der Waals surface area contributed by atoms with Gasteiger partial charge in [0.25, 0.3) is 0 Å². The molecule has 1 N–H and O–H groups in total. The van der Waals surface area contributed by atoms with Gasteiger partial charge in [-0.1, -0.05) is 13.8 Å². The molecule has 0 saturated carbocycles. The van der Waals surface area contributed by atoms with Crippen molar-refractivity contribution in [3.63, 3.8) is 0 Å². The van der Waals surface area contributed by atoms with E-state index in [1.54, 1.807) is 6.20 Å². The molecule has 21 heavy (non-hydrogen) atoms. The van der Waals surface area contributed by atoms with Gasteiger partial charge in [-0.25, -0.2) is 9.50 Å². The zero-order valence-electron chi connectivity index (χ0n) is 12.9. The normalized spacial score (nSPS) is 19.3. The highest BCUT2D eigenvalue weighted by atomic mass is 16.5. The smallest absolute Gasteiger partial charge is 0.154 e. The summed E-state index contributed by atoms with van der Waals surface area (Å²) in [4.78, 5) is 6.69. The molecule has 0 radical (unpaired) electrons. The molecule has 114 valence electrons. The minimum Gasteiger partial charge on any atom is -0.374 e. The molecule has 0 aromatic carbocycles. The Morgan fingerprint density at radius 2 is 2.38 bits per heavy atom. The minimum atomic E-state index is 0.207. The molecule has 1 aliphatic heterocycles. The quantitative estimate of drug-likeness (QED) is 0.919. The maximum absolute atomic E-state index is 5.77. The summed E-state index contributed by atoms with van der Waals surface area (Å²) in [6.45, 7) is 7.74. The van der Waals surface area contributed by atoms with Crippen molar-refractivity contribution in [2.45, 2.75) is 25.9 Å². The van der Waals surface area contributed by atoms with Crippen molar-refractivity contribution in [2.24, 2.45) is 0 Å². The van der Waals surface area contributed by atoms with Crippen LogP contribution in [0.2, 0.25) is 0 Å². The molecule has 0 amide bonds. The van der Waals surface area contributed by atoms with Crippen LogP contribution in [0.4, 0.5) is 5.82 Å². The summed E-state index contributed by atoms with van der Waals surface area (Å²) >= 11 is 0. The number of rotatable bonds is 4. The predicted molar refractivity (Wildman–Crippen MR) is 83.0 cm³/mol. The van der Waals surface area contributed by atoms with E-state index in [2.05, 4.69) is 47.3 Å². The van der Waals surface area contributed by atoms with Crippen LogP contribution in [0.5, 0.6) is 0 Å². The molecular formula is C15H23N5O. The lowest BCUT2D eigenvalue weighted by molar-refractivity contribution is 0.0339. The summed E-state index contributed by atoms with van der Waals surface area (Å²) < 4.78 is 7.68. The molecule has 1 saturated heterocycles. The van der Waals surface area contributed by atoms with Crippen LogP contribution < -0.4 is 10.2 Å². The van der Waals surface area contributed by atoms with Gasteiger partial charge in [-0.05, 0) is 12.0 Å². The summed E-state index contributed by atoms with van der Waals surface area (Å²) in [5.74, 6) is 1.36. The number of morpholine rings is 1. The first-order valence-corrected chi connectivity index (χ1v) is 7.53. The highest BCUT2D eigenvalue weighted by Gasteiger charge is 2.18. The Morgan fingerprint density at radius 3 is 3.10 bits per heavy atom. The average molecular weight is 289 g/mol. The summed E-state index contributed by atoms with van der Waals surface area (Å²) in [7, 11) is 2.06. The minimum absolute atomic E-state index is 0.207. The van der Waals surface area contributed by atoms with Crippen molar-refractivity contribution in [1.29, 1.82) is 0 Å². The van der Waals surface area contributed by atoms with Crippen molar-refractivity contribution in [3.05, 3.63) is 24.2 Å². The third-order valence-corrected chi connectivity index (χ3v) is 3.82. The zero-order chi connectivity index (χ0) is 14.8. The van der Waals surface area contributed by atoms with Crippen molar-refractivity contribution < 1.29 is 4.74 Å². The Bertz CT molecular complexity index is 603. The molecule has 1 fully saturated rings. The number of hydrogen-bond acceptors (Lipinski definition) is 5. The maximum atomic E-state index is 5.77. The number of nitrogens with zero attached hydrogens (tertiary/aromatic N) is 4. The number of fused-ring (bicyclic) bond motifs is 1. The Morgan fingerprint density at radius 1 is 1.52 bits per heavy atom. The zero-order valence-corrected chi connectivity index (χ0v) is 12.9. The topological polar surface area (TPSA) is 54.7 Å². The molecule has 2 aromatic heterocycles. The van der Waals surface area contributed by atoms with Crippen molar-refractivity contribution >= 4 is 11.3 Å². The second-order valence-corrected chi connectivity index (χ2v) is 5.88. The van der Waals surface area contributed by atoms with Crippen LogP contribution in [-0.2, 0) is 4.74 Å².